The predicted molar refractivity (Wildman–Crippen MR) is 40.2 cm³/mol. The van der Waals surface area contributed by atoms with E-state index in [0.717, 1.165) is 0 Å². The molecule has 0 unspecified atom stereocenters. The van der Waals surface area contributed by atoms with Gasteiger partial charge in [-0.05, 0) is 18.1 Å². The van der Waals surface area contributed by atoms with Crippen LogP contribution in [0.2, 0.25) is 0 Å². The summed E-state index contributed by atoms with van der Waals surface area (Å²) < 4.78 is 20.2. The summed E-state index contributed by atoms with van der Waals surface area (Å²) in [7, 11) is -2.98. The van der Waals surface area contributed by atoms with Crippen LogP contribution in [0.4, 0.5) is 0 Å². The van der Waals surface area contributed by atoms with Crippen molar-refractivity contribution in [2.75, 3.05) is 5.75 Å². The van der Waals surface area contributed by atoms with Crippen molar-refractivity contribution in [2.45, 2.75) is 13.3 Å². The summed E-state index contributed by atoms with van der Waals surface area (Å²) in [5.74, 6) is 0.177. The Hall–Kier alpha value is 1.30. The Labute approximate surface area is 77.1 Å². The molecule has 0 rings (SSSR count). The SMILES string of the molecule is CCCS(=O)(=O)S.[NaH]. The molecule has 5 heteroatoms. The van der Waals surface area contributed by atoms with E-state index in [1.165, 1.54) is 0 Å². The van der Waals surface area contributed by atoms with Gasteiger partial charge in [-0.2, -0.15) is 0 Å². The van der Waals surface area contributed by atoms with Gasteiger partial charge in [0.25, 0.3) is 0 Å². The van der Waals surface area contributed by atoms with Crippen molar-refractivity contribution < 1.29 is 8.42 Å². The predicted octanol–water partition coefficient (Wildman–Crippen LogP) is 0.00750. The van der Waals surface area contributed by atoms with Crippen molar-refractivity contribution in [2.24, 2.45) is 0 Å². The normalized spacial score (nSPS) is 10.2. The molecular weight excluding hydrogens is 155 g/mol. The van der Waals surface area contributed by atoms with Gasteiger partial charge in [-0.25, -0.2) is 8.42 Å². The maximum absolute atomic E-state index is 10.1. The zero-order valence-corrected chi connectivity index (χ0v) is 5.80. The van der Waals surface area contributed by atoms with Crippen LogP contribution >= 0.6 is 11.7 Å². The minimum atomic E-state index is -2.98. The van der Waals surface area contributed by atoms with Crippen LogP contribution in [-0.4, -0.2) is 43.7 Å². The first-order chi connectivity index (χ1) is 3.06. The van der Waals surface area contributed by atoms with Gasteiger partial charge in [0.2, 0.25) is 0 Å². The average molecular weight is 164 g/mol. The summed E-state index contributed by atoms with van der Waals surface area (Å²) >= 11 is 3.31. The molecule has 0 aromatic carbocycles. The third-order valence-electron chi connectivity index (χ3n) is 0.462. The topological polar surface area (TPSA) is 34.1 Å². The Morgan fingerprint density at radius 2 is 1.88 bits per heavy atom. The molecule has 46 valence electrons. The summed E-state index contributed by atoms with van der Waals surface area (Å²) in [6.07, 6.45) is 0.645. The van der Waals surface area contributed by atoms with Crippen LogP contribution in [0.5, 0.6) is 0 Å². The van der Waals surface area contributed by atoms with E-state index in [4.69, 9.17) is 0 Å². The van der Waals surface area contributed by atoms with E-state index in [-0.39, 0.29) is 35.3 Å². The zero-order chi connectivity index (χ0) is 5.91. The monoisotopic (exact) mass is 164 g/mol. The molecule has 0 radical (unpaired) electrons. The molecule has 2 nitrogen and oxygen atoms in total. The second-order valence-electron chi connectivity index (χ2n) is 1.29. The summed E-state index contributed by atoms with van der Waals surface area (Å²) in [6, 6.07) is 0. The molecule has 0 bridgehead atoms. The van der Waals surface area contributed by atoms with Crippen molar-refractivity contribution in [3.63, 3.8) is 0 Å². The Morgan fingerprint density at radius 3 is 1.88 bits per heavy atom. The molecule has 0 aliphatic heterocycles. The number of hydrogen-bond donors (Lipinski definition) is 1. The Morgan fingerprint density at radius 1 is 1.50 bits per heavy atom. The second kappa shape index (κ2) is 5.11. The minimum absolute atomic E-state index is 0. The van der Waals surface area contributed by atoms with Gasteiger partial charge in [0.05, 0.1) is 5.75 Å². The van der Waals surface area contributed by atoms with Crippen molar-refractivity contribution in [1.29, 1.82) is 0 Å². The quantitative estimate of drug-likeness (QED) is 0.354. The fourth-order valence-electron chi connectivity index (χ4n) is 0.258. The van der Waals surface area contributed by atoms with Crippen LogP contribution in [0.25, 0.3) is 0 Å². The van der Waals surface area contributed by atoms with Crippen LogP contribution < -0.4 is 0 Å². The number of hydrogen-bond acceptors (Lipinski definition) is 2. The Bertz CT molecular complexity index is 128. The molecule has 8 heavy (non-hydrogen) atoms. The molecular formula is C3H9NaO2S2. The van der Waals surface area contributed by atoms with Gasteiger partial charge in [-0.1, -0.05) is 6.92 Å². The first kappa shape index (κ1) is 12.0. The molecule has 0 saturated carbocycles. The number of thiol groups is 1. The van der Waals surface area contributed by atoms with Gasteiger partial charge >= 0.3 is 29.6 Å². The summed E-state index contributed by atoms with van der Waals surface area (Å²) in [4.78, 5) is 0. The molecule has 0 amide bonds. The molecule has 0 heterocycles. The van der Waals surface area contributed by atoms with Crippen molar-refractivity contribution in [3.8, 4) is 0 Å². The van der Waals surface area contributed by atoms with E-state index in [1.54, 1.807) is 6.92 Å². The second-order valence-corrected chi connectivity index (χ2v) is 4.53. The molecule has 0 atom stereocenters. The standard InChI is InChI=1S/C3H8O2S2.Na.H/c1-2-3-7(4,5)6;;/h2-3H2,1H3,(H,4,5,6);;. The van der Waals surface area contributed by atoms with E-state index in [1.807, 2.05) is 0 Å². The molecule has 0 aromatic rings. The Balaban J connectivity index is 0. The molecule has 0 aromatic heterocycles. The molecule has 0 spiro atoms. The number of rotatable bonds is 2. The van der Waals surface area contributed by atoms with Crippen LogP contribution in [0, 0.1) is 0 Å². The average Bonchev–Trinajstić information content (AvgIpc) is 1.30. The van der Waals surface area contributed by atoms with Gasteiger partial charge in [-0.3, -0.25) is 0 Å². The molecule has 0 saturated heterocycles. The fourth-order valence-corrected chi connectivity index (χ4v) is 1.32. The fraction of sp³-hybridized carbons (Fsp3) is 1.00. The van der Waals surface area contributed by atoms with Crippen molar-refractivity contribution in [1.82, 2.24) is 0 Å². The van der Waals surface area contributed by atoms with Crippen molar-refractivity contribution in [3.05, 3.63) is 0 Å². The van der Waals surface area contributed by atoms with Gasteiger partial charge in [0.15, 0.2) is 8.87 Å². The summed E-state index contributed by atoms with van der Waals surface area (Å²) in [6.45, 7) is 1.80. The van der Waals surface area contributed by atoms with Gasteiger partial charge in [0.1, 0.15) is 0 Å². The van der Waals surface area contributed by atoms with Gasteiger partial charge in [-0.15, -0.1) is 0 Å². The van der Waals surface area contributed by atoms with E-state index in [9.17, 15) is 8.42 Å². The molecule has 0 aliphatic carbocycles. The molecule has 0 aliphatic rings. The molecule has 0 fully saturated rings. The summed E-state index contributed by atoms with van der Waals surface area (Å²) in [5.41, 5.74) is 0. The Kier molecular flexibility index (Phi) is 7.69. The van der Waals surface area contributed by atoms with Crippen molar-refractivity contribution >= 4 is 50.1 Å². The van der Waals surface area contributed by atoms with Gasteiger partial charge in [0, 0.05) is 0 Å². The van der Waals surface area contributed by atoms with E-state index in [0.29, 0.717) is 6.42 Å². The summed E-state index contributed by atoms with van der Waals surface area (Å²) in [5, 5.41) is 0. The van der Waals surface area contributed by atoms with E-state index in [2.05, 4.69) is 11.7 Å². The van der Waals surface area contributed by atoms with E-state index >= 15 is 0 Å². The van der Waals surface area contributed by atoms with Crippen LogP contribution in [0.3, 0.4) is 0 Å². The molecule has 0 N–H and O–H groups in total. The third kappa shape index (κ3) is 10.3. The third-order valence-corrected chi connectivity index (χ3v) is 1.93. The first-order valence-corrected chi connectivity index (χ1v) is 4.72. The zero-order valence-electron chi connectivity index (χ0n) is 4.09. The maximum atomic E-state index is 10.1. The van der Waals surface area contributed by atoms with Crippen LogP contribution in [-0.2, 0) is 8.87 Å². The first-order valence-electron chi connectivity index (χ1n) is 2.01. The van der Waals surface area contributed by atoms with Crippen LogP contribution in [0.1, 0.15) is 13.3 Å². The van der Waals surface area contributed by atoms with E-state index < -0.39 is 8.87 Å². The van der Waals surface area contributed by atoms with Crippen LogP contribution in [0.15, 0.2) is 0 Å². The van der Waals surface area contributed by atoms with Gasteiger partial charge < -0.3 is 0 Å².